The van der Waals surface area contributed by atoms with Gasteiger partial charge in [0.25, 0.3) is 0 Å². The zero-order valence-electron chi connectivity index (χ0n) is 16.2. The van der Waals surface area contributed by atoms with E-state index >= 15 is 0 Å². The van der Waals surface area contributed by atoms with E-state index in [9.17, 15) is 5.11 Å². The lowest BCUT2D eigenvalue weighted by molar-refractivity contribution is 0.165. The summed E-state index contributed by atoms with van der Waals surface area (Å²) in [6, 6.07) is 0. The van der Waals surface area contributed by atoms with Gasteiger partial charge in [0, 0.05) is 57.3 Å². The topological polar surface area (TPSA) is 64.5 Å². The number of nitrogens with zero attached hydrogens (tertiary/aromatic N) is 4. The van der Waals surface area contributed by atoms with E-state index in [-0.39, 0.29) is 0 Å². The van der Waals surface area contributed by atoms with Gasteiger partial charge < -0.3 is 15.3 Å². The number of likely N-dealkylation sites (tertiary alicyclic amines) is 2. The van der Waals surface area contributed by atoms with Crippen LogP contribution in [0.4, 0.5) is 5.95 Å². The van der Waals surface area contributed by atoms with Crippen LogP contribution in [0.2, 0.25) is 0 Å². The van der Waals surface area contributed by atoms with Crippen molar-refractivity contribution in [2.45, 2.75) is 45.6 Å². The Morgan fingerprint density at radius 2 is 1.73 bits per heavy atom. The molecule has 6 nitrogen and oxygen atoms in total. The Hall–Kier alpha value is -1.24. The third kappa shape index (κ3) is 5.63. The summed E-state index contributed by atoms with van der Waals surface area (Å²) in [5, 5.41) is 13.1. The van der Waals surface area contributed by atoms with Crippen molar-refractivity contribution in [3.05, 3.63) is 18.0 Å². The zero-order chi connectivity index (χ0) is 18.2. The van der Waals surface area contributed by atoms with Gasteiger partial charge in [0.05, 0.1) is 0 Å². The summed E-state index contributed by atoms with van der Waals surface area (Å²) in [6.45, 7) is 9.85. The molecule has 26 heavy (non-hydrogen) atoms. The molecule has 2 aliphatic heterocycles. The van der Waals surface area contributed by atoms with Crippen molar-refractivity contribution in [1.29, 1.82) is 0 Å². The molecule has 1 aromatic rings. The molecule has 3 heterocycles. The summed E-state index contributed by atoms with van der Waals surface area (Å²) in [7, 11) is 0. The maximum atomic E-state index is 9.85. The van der Waals surface area contributed by atoms with E-state index in [2.05, 4.69) is 32.0 Å². The van der Waals surface area contributed by atoms with E-state index in [0.717, 1.165) is 44.7 Å². The Bertz CT molecular complexity index is 515. The van der Waals surface area contributed by atoms with Crippen LogP contribution in [0, 0.1) is 11.8 Å². The van der Waals surface area contributed by atoms with Crippen LogP contribution in [0.1, 0.15) is 44.6 Å². The van der Waals surface area contributed by atoms with E-state index in [0.29, 0.717) is 24.4 Å². The molecule has 0 unspecified atom stereocenters. The van der Waals surface area contributed by atoms with Gasteiger partial charge in [-0.15, -0.1) is 0 Å². The number of aromatic nitrogens is 2. The van der Waals surface area contributed by atoms with E-state index in [1.54, 1.807) is 0 Å². The molecule has 0 amide bonds. The standard InChI is InChI=1S/C20H35N5O/c1-2-7-21-20-22-10-17(11-23-20)12-25-14-18(19(15-25)16-26)13-24-8-5-3-4-6-9-24/h10-11,18-19,26H,2-9,12-16H2,1H3,(H,21,22,23)/t18-,19-/m1/s1. The Labute approximate surface area is 158 Å². The number of anilines is 1. The number of aliphatic hydroxyl groups excluding tert-OH is 1. The summed E-state index contributed by atoms with van der Waals surface area (Å²) >= 11 is 0. The Kier molecular flexibility index (Phi) is 7.65. The maximum absolute atomic E-state index is 9.85. The number of aliphatic hydroxyl groups is 1. The summed E-state index contributed by atoms with van der Waals surface area (Å²) in [5.74, 6) is 1.68. The summed E-state index contributed by atoms with van der Waals surface area (Å²) < 4.78 is 0. The monoisotopic (exact) mass is 361 g/mol. The fourth-order valence-electron chi connectivity index (χ4n) is 4.25. The lowest BCUT2D eigenvalue weighted by Gasteiger charge is -2.26. The highest BCUT2D eigenvalue weighted by Crippen LogP contribution is 2.26. The molecule has 6 heteroatoms. The van der Waals surface area contributed by atoms with Gasteiger partial charge in [-0.1, -0.05) is 19.8 Å². The first-order valence-corrected chi connectivity index (χ1v) is 10.4. The minimum absolute atomic E-state index is 0.297. The predicted octanol–water partition coefficient (Wildman–Crippen LogP) is 2.21. The molecule has 2 aliphatic rings. The molecule has 0 spiro atoms. The van der Waals surface area contributed by atoms with E-state index in [4.69, 9.17) is 0 Å². The van der Waals surface area contributed by atoms with Gasteiger partial charge in [0.2, 0.25) is 5.95 Å². The largest absolute Gasteiger partial charge is 0.396 e. The molecule has 0 bridgehead atoms. The van der Waals surface area contributed by atoms with Crippen molar-refractivity contribution in [3.63, 3.8) is 0 Å². The Balaban J connectivity index is 1.51. The van der Waals surface area contributed by atoms with Gasteiger partial charge >= 0.3 is 0 Å². The molecule has 3 rings (SSSR count). The molecule has 1 aromatic heterocycles. The second-order valence-electron chi connectivity index (χ2n) is 7.95. The third-order valence-corrected chi connectivity index (χ3v) is 5.72. The second kappa shape index (κ2) is 10.2. The van der Waals surface area contributed by atoms with Gasteiger partial charge in [-0.2, -0.15) is 0 Å². The van der Waals surface area contributed by atoms with E-state index in [1.807, 2.05) is 12.4 Å². The van der Waals surface area contributed by atoms with Crippen molar-refractivity contribution in [2.75, 3.05) is 51.2 Å². The maximum Gasteiger partial charge on any atom is 0.222 e. The van der Waals surface area contributed by atoms with Crippen molar-refractivity contribution in [1.82, 2.24) is 19.8 Å². The highest BCUT2D eigenvalue weighted by molar-refractivity contribution is 5.24. The number of hydrogen-bond donors (Lipinski definition) is 2. The average Bonchev–Trinajstić information content (AvgIpc) is 2.86. The average molecular weight is 362 g/mol. The molecule has 0 saturated carbocycles. The van der Waals surface area contributed by atoms with Gasteiger partial charge in [-0.3, -0.25) is 4.90 Å². The molecule has 2 atom stereocenters. The lowest BCUT2D eigenvalue weighted by Crippen LogP contribution is -2.34. The van der Waals surface area contributed by atoms with Crippen LogP contribution in [-0.4, -0.2) is 70.7 Å². The first-order chi connectivity index (χ1) is 12.8. The molecular weight excluding hydrogens is 326 g/mol. The number of nitrogens with one attached hydrogen (secondary N) is 1. The van der Waals surface area contributed by atoms with Gasteiger partial charge in [0.1, 0.15) is 0 Å². The molecule has 2 N–H and O–H groups in total. The summed E-state index contributed by atoms with van der Waals surface area (Å²) in [4.78, 5) is 13.9. The fourth-order valence-corrected chi connectivity index (χ4v) is 4.25. The van der Waals surface area contributed by atoms with E-state index in [1.165, 1.54) is 38.8 Å². The van der Waals surface area contributed by atoms with Crippen LogP contribution >= 0.6 is 0 Å². The van der Waals surface area contributed by atoms with Crippen LogP contribution in [-0.2, 0) is 6.54 Å². The first kappa shape index (κ1) is 19.5. The van der Waals surface area contributed by atoms with Crippen LogP contribution < -0.4 is 5.32 Å². The fraction of sp³-hybridized carbons (Fsp3) is 0.800. The lowest BCUT2D eigenvalue weighted by atomic mass is 9.96. The van der Waals surface area contributed by atoms with Gasteiger partial charge in [-0.05, 0) is 44.2 Å². The predicted molar refractivity (Wildman–Crippen MR) is 105 cm³/mol. The Morgan fingerprint density at radius 3 is 2.38 bits per heavy atom. The first-order valence-electron chi connectivity index (χ1n) is 10.4. The number of rotatable bonds is 8. The van der Waals surface area contributed by atoms with E-state index < -0.39 is 0 Å². The SMILES string of the molecule is CCCNc1ncc(CN2C[C@@H](CN3CCCCCC3)[C@@H](CO)C2)cn1. The molecule has 0 radical (unpaired) electrons. The van der Waals surface area contributed by atoms with Crippen molar-refractivity contribution < 1.29 is 5.11 Å². The normalized spacial score (nSPS) is 25.3. The highest BCUT2D eigenvalue weighted by Gasteiger charge is 2.33. The molecule has 0 aliphatic carbocycles. The summed E-state index contributed by atoms with van der Waals surface area (Å²) in [6.07, 6.45) is 10.3. The smallest absolute Gasteiger partial charge is 0.222 e. The number of hydrogen-bond acceptors (Lipinski definition) is 6. The van der Waals surface area contributed by atoms with Crippen LogP contribution in [0.15, 0.2) is 12.4 Å². The van der Waals surface area contributed by atoms with Crippen LogP contribution in [0.5, 0.6) is 0 Å². The van der Waals surface area contributed by atoms with Crippen molar-refractivity contribution in [3.8, 4) is 0 Å². The molecule has 2 fully saturated rings. The van der Waals surface area contributed by atoms with Gasteiger partial charge in [-0.25, -0.2) is 9.97 Å². The molecular formula is C20H35N5O. The Morgan fingerprint density at radius 1 is 1.04 bits per heavy atom. The van der Waals surface area contributed by atoms with Crippen molar-refractivity contribution in [2.24, 2.45) is 11.8 Å². The zero-order valence-corrected chi connectivity index (χ0v) is 16.2. The van der Waals surface area contributed by atoms with Crippen LogP contribution in [0.25, 0.3) is 0 Å². The quantitative estimate of drug-likeness (QED) is 0.740. The summed E-state index contributed by atoms with van der Waals surface area (Å²) in [5.41, 5.74) is 1.15. The molecule has 146 valence electrons. The minimum atomic E-state index is 0.297. The van der Waals surface area contributed by atoms with Gasteiger partial charge in [0.15, 0.2) is 0 Å². The second-order valence-corrected chi connectivity index (χ2v) is 7.95. The van der Waals surface area contributed by atoms with Crippen LogP contribution in [0.3, 0.4) is 0 Å². The highest BCUT2D eigenvalue weighted by atomic mass is 16.3. The molecule has 0 aromatic carbocycles. The third-order valence-electron chi connectivity index (χ3n) is 5.72. The molecule has 2 saturated heterocycles. The minimum Gasteiger partial charge on any atom is -0.396 e. The van der Waals surface area contributed by atoms with Crippen molar-refractivity contribution >= 4 is 5.95 Å².